The van der Waals surface area contributed by atoms with Crippen LogP contribution in [0.25, 0.3) is 0 Å². The van der Waals surface area contributed by atoms with E-state index in [2.05, 4.69) is 20.9 Å². The van der Waals surface area contributed by atoms with Crippen molar-refractivity contribution < 1.29 is 14.3 Å². The van der Waals surface area contributed by atoms with E-state index in [1.165, 1.54) is 30.6 Å². The lowest BCUT2D eigenvalue weighted by molar-refractivity contribution is -0.104. The molecule has 0 radical (unpaired) electrons. The Morgan fingerprint density at radius 3 is 2.71 bits per heavy atom. The molecule has 0 fully saturated rings. The third-order valence-corrected chi connectivity index (χ3v) is 4.28. The summed E-state index contributed by atoms with van der Waals surface area (Å²) in [6.07, 6.45) is 0.259. The van der Waals surface area contributed by atoms with Gasteiger partial charge in [0.05, 0.1) is 15.8 Å². The van der Waals surface area contributed by atoms with Crippen LogP contribution in [-0.4, -0.2) is 25.0 Å². The molecule has 0 unspecified atom stereocenters. The Bertz CT molecular complexity index is 725. The highest BCUT2D eigenvalue weighted by Crippen LogP contribution is 2.30. The zero-order valence-corrected chi connectivity index (χ0v) is 13.4. The van der Waals surface area contributed by atoms with Gasteiger partial charge in [-0.2, -0.15) is 0 Å². The van der Waals surface area contributed by atoms with E-state index in [-0.39, 0.29) is 11.8 Å². The fraction of sp³-hybridized carbons (Fsp3) is 0.0714. The average Bonchev–Trinajstić information content (AvgIpc) is 2.93. The van der Waals surface area contributed by atoms with Crippen molar-refractivity contribution in [1.82, 2.24) is 0 Å². The van der Waals surface area contributed by atoms with Crippen molar-refractivity contribution in [2.45, 2.75) is 0 Å². The first-order valence-electron chi connectivity index (χ1n) is 5.82. The van der Waals surface area contributed by atoms with Crippen LogP contribution in [0.1, 0.15) is 15.2 Å². The maximum atomic E-state index is 11.4. The van der Waals surface area contributed by atoms with E-state index in [0.717, 1.165) is 8.66 Å². The molecule has 0 bridgehead atoms. The lowest BCUT2D eigenvalue weighted by atomic mass is 10.1. The van der Waals surface area contributed by atoms with Crippen LogP contribution < -0.4 is 10.5 Å². The summed E-state index contributed by atoms with van der Waals surface area (Å²) in [5, 5.41) is 0. The fourth-order valence-corrected chi connectivity index (χ4v) is 2.92. The van der Waals surface area contributed by atoms with E-state index in [0.29, 0.717) is 17.3 Å². The van der Waals surface area contributed by atoms with Crippen LogP contribution in [0.5, 0.6) is 5.75 Å². The molecule has 7 heteroatoms. The topological polar surface area (TPSA) is 81.8 Å². The molecule has 5 nitrogen and oxygen atoms in total. The molecule has 0 atom stereocenters. The maximum Gasteiger partial charge on any atom is 0.225 e. The van der Waals surface area contributed by atoms with Crippen LogP contribution in [0.15, 0.2) is 39.1 Å². The number of amidine groups is 1. The number of carbonyl (C=O) groups is 2. The number of halogens is 1. The van der Waals surface area contributed by atoms with E-state index < -0.39 is 5.78 Å². The second-order valence-electron chi connectivity index (χ2n) is 3.97. The first-order chi connectivity index (χ1) is 10.0. The highest BCUT2D eigenvalue weighted by atomic mass is 79.9. The number of Topliss-reactive ketones (excluding diaryl/α,β-unsaturated/α-hetero) is 1. The van der Waals surface area contributed by atoms with Gasteiger partial charge in [0.2, 0.25) is 5.78 Å². The van der Waals surface area contributed by atoms with Crippen molar-refractivity contribution in [2.75, 3.05) is 7.11 Å². The lowest BCUT2D eigenvalue weighted by Crippen LogP contribution is -2.11. The van der Waals surface area contributed by atoms with Gasteiger partial charge in [0.25, 0.3) is 0 Å². The molecule has 108 valence electrons. The van der Waals surface area contributed by atoms with Crippen molar-refractivity contribution in [3.05, 3.63) is 44.6 Å². The van der Waals surface area contributed by atoms with Crippen LogP contribution in [0.4, 0.5) is 5.69 Å². The van der Waals surface area contributed by atoms with Crippen LogP contribution in [0.3, 0.4) is 0 Å². The van der Waals surface area contributed by atoms with Crippen molar-refractivity contribution in [1.29, 1.82) is 0 Å². The van der Waals surface area contributed by atoms with E-state index in [1.807, 2.05) is 12.1 Å². The Morgan fingerprint density at radius 1 is 1.38 bits per heavy atom. The first kappa shape index (κ1) is 15.4. The van der Waals surface area contributed by atoms with Gasteiger partial charge in [0, 0.05) is 5.56 Å². The standard InChI is InChI=1S/C14H11BrN2O3S/c1-20-11-3-2-8(10(19)7-18)6-9(11)17-14(16)12-4-5-13(15)21-12/h2-7H,1H3,(H2,16,17). The number of aliphatic imine (C=N–C) groups is 1. The molecule has 21 heavy (non-hydrogen) atoms. The van der Waals surface area contributed by atoms with Gasteiger partial charge in [0.1, 0.15) is 17.3 Å². The fourth-order valence-electron chi connectivity index (χ4n) is 1.64. The number of nitrogens with two attached hydrogens (primary N) is 1. The molecular formula is C14H11BrN2O3S. The van der Waals surface area contributed by atoms with Crippen LogP contribution in [0, 0.1) is 0 Å². The van der Waals surface area contributed by atoms with Gasteiger partial charge in [-0.05, 0) is 46.3 Å². The maximum absolute atomic E-state index is 11.4. The number of benzene rings is 1. The Hall–Kier alpha value is -1.99. The zero-order chi connectivity index (χ0) is 15.4. The summed E-state index contributed by atoms with van der Waals surface area (Å²) in [5.74, 6) is 0.155. The summed E-state index contributed by atoms with van der Waals surface area (Å²) in [5.41, 5.74) is 6.59. The summed E-state index contributed by atoms with van der Waals surface area (Å²) in [4.78, 5) is 27.1. The number of nitrogens with zero attached hydrogens (tertiary/aromatic N) is 1. The Labute approximate surface area is 133 Å². The zero-order valence-electron chi connectivity index (χ0n) is 11.0. The van der Waals surface area contributed by atoms with E-state index >= 15 is 0 Å². The minimum Gasteiger partial charge on any atom is -0.494 e. The average molecular weight is 367 g/mol. The van der Waals surface area contributed by atoms with Gasteiger partial charge < -0.3 is 10.5 Å². The smallest absolute Gasteiger partial charge is 0.225 e. The number of ketones is 1. The number of carbonyl (C=O) groups excluding carboxylic acids is 2. The highest BCUT2D eigenvalue weighted by molar-refractivity contribution is 9.11. The third-order valence-electron chi connectivity index (χ3n) is 2.64. The molecule has 1 aromatic carbocycles. The molecule has 0 aliphatic rings. The van der Waals surface area contributed by atoms with Crippen molar-refractivity contribution >= 4 is 50.9 Å². The number of ether oxygens (including phenoxy) is 1. The monoisotopic (exact) mass is 366 g/mol. The normalized spacial score (nSPS) is 11.2. The molecule has 0 saturated heterocycles. The Kier molecular flexibility index (Phi) is 4.87. The number of thiophene rings is 1. The predicted molar refractivity (Wildman–Crippen MR) is 85.8 cm³/mol. The molecule has 0 aliphatic heterocycles. The molecule has 1 heterocycles. The van der Waals surface area contributed by atoms with Crippen molar-refractivity contribution in [3.63, 3.8) is 0 Å². The van der Waals surface area contributed by atoms with Gasteiger partial charge in [-0.1, -0.05) is 0 Å². The second-order valence-corrected chi connectivity index (χ2v) is 6.43. The third kappa shape index (κ3) is 3.56. The van der Waals surface area contributed by atoms with Crippen LogP contribution in [-0.2, 0) is 4.79 Å². The Balaban J connectivity index is 2.45. The highest BCUT2D eigenvalue weighted by Gasteiger charge is 2.10. The van der Waals surface area contributed by atoms with Gasteiger partial charge in [0.15, 0.2) is 6.29 Å². The number of methoxy groups -OCH3 is 1. The molecule has 0 aliphatic carbocycles. The predicted octanol–water partition coefficient (Wildman–Crippen LogP) is 2.94. The SMILES string of the molecule is COc1ccc(C(=O)C=O)cc1N=C(N)c1ccc(Br)s1. The molecule has 0 spiro atoms. The lowest BCUT2D eigenvalue weighted by Gasteiger charge is -2.06. The molecule has 2 aromatic rings. The second kappa shape index (κ2) is 6.64. The summed E-state index contributed by atoms with van der Waals surface area (Å²) in [6.45, 7) is 0. The van der Waals surface area contributed by atoms with Crippen LogP contribution in [0.2, 0.25) is 0 Å². The van der Waals surface area contributed by atoms with Crippen LogP contribution >= 0.6 is 27.3 Å². The van der Waals surface area contributed by atoms with E-state index in [9.17, 15) is 9.59 Å². The minimum atomic E-state index is -0.619. The number of rotatable bonds is 5. The summed E-state index contributed by atoms with van der Waals surface area (Å²) in [6, 6.07) is 8.26. The minimum absolute atomic E-state index is 0.240. The largest absolute Gasteiger partial charge is 0.494 e. The van der Waals surface area contributed by atoms with Gasteiger partial charge in [-0.3, -0.25) is 9.59 Å². The van der Waals surface area contributed by atoms with Gasteiger partial charge in [-0.15, -0.1) is 11.3 Å². The molecule has 2 N–H and O–H groups in total. The van der Waals surface area contributed by atoms with Crippen molar-refractivity contribution in [2.24, 2.45) is 10.7 Å². The summed E-state index contributed by atoms with van der Waals surface area (Å²) in [7, 11) is 1.49. The number of aldehydes is 1. The molecular weight excluding hydrogens is 356 g/mol. The van der Waals surface area contributed by atoms with E-state index in [1.54, 1.807) is 6.07 Å². The molecule has 0 amide bonds. The number of hydrogen-bond acceptors (Lipinski definition) is 5. The molecule has 0 saturated carbocycles. The number of hydrogen-bond donors (Lipinski definition) is 1. The first-order valence-corrected chi connectivity index (χ1v) is 7.43. The molecule has 1 aromatic heterocycles. The Morgan fingerprint density at radius 2 is 2.14 bits per heavy atom. The summed E-state index contributed by atoms with van der Waals surface area (Å²) < 4.78 is 6.13. The summed E-state index contributed by atoms with van der Waals surface area (Å²) >= 11 is 4.79. The van der Waals surface area contributed by atoms with E-state index in [4.69, 9.17) is 10.5 Å². The van der Waals surface area contributed by atoms with Crippen molar-refractivity contribution in [3.8, 4) is 5.75 Å². The van der Waals surface area contributed by atoms with Gasteiger partial charge in [-0.25, -0.2) is 4.99 Å². The molecule has 2 rings (SSSR count). The quantitative estimate of drug-likeness (QED) is 0.290. The van der Waals surface area contributed by atoms with Gasteiger partial charge >= 0.3 is 0 Å².